The van der Waals surface area contributed by atoms with Gasteiger partial charge in [0.25, 0.3) is 5.91 Å². The summed E-state index contributed by atoms with van der Waals surface area (Å²) in [6, 6.07) is 4.01. The molecule has 1 aromatic carbocycles. The first-order chi connectivity index (χ1) is 15.9. The van der Waals surface area contributed by atoms with Crippen molar-refractivity contribution in [3.63, 3.8) is 0 Å². The van der Waals surface area contributed by atoms with Gasteiger partial charge in [-0.15, -0.1) is 0 Å². The molecule has 3 atom stereocenters. The first-order valence-electron chi connectivity index (χ1n) is 10.4. The largest absolute Gasteiger partial charge is 0.415 e. The van der Waals surface area contributed by atoms with E-state index in [0.29, 0.717) is 13.0 Å². The molecule has 34 heavy (non-hydrogen) atoms. The second kappa shape index (κ2) is 8.40. The molecule has 0 spiro atoms. The summed E-state index contributed by atoms with van der Waals surface area (Å²) in [5, 5.41) is 2.18. The summed E-state index contributed by atoms with van der Waals surface area (Å²) in [7, 11) is -2.48. The number of nitrogens with two attached hydrogens (primary N) is 1. The fourth-order valence-electron chi connectivity index (χ4n) is 4.39. The highest BCUT2D eigenvalue weighted by molar-refractivity contribution is 8.29. The Kier molecular flexibility index (Phi) is 5.98. The Labute approximate surface area is 195 Å². The van der Waals surface area contributed by atoms with Crippen molar-refractivity contribution in [3.05, 3.63) is 47.7 Å². The number of nitrogens with one attached hydrogen (secondary N) is 2. The zero-order valence-corrected chi connectivity index (χ0v) is 19.5. The van der Waals surface area contributed by atoms with Gasteiger partial charge in [0.15, 0.2) is 0 Å². The van der Waals surface area contributed by atoms with Crippen molar-refractivity contribution in [2.24, 2.45) is 10.7 Å². The summed E-state index contributed by atoms with van der Waals surface area (Å²) < 4.78 is 57.7. The molecule has 0 radical (unpaired) electrons. The predicted molar refractivity (Wildman–Crippen MR) is 123 cm³/mol. The number of halogens is 3. The smallest absolute Gasteiger partial charge is 0.388 e. The number of nitrogens with zero attached hydrogens (tertiary/aromatic N) is 3. The molecular formula is C21H25F3N6O3S. The zero-order chi connectivity index (χ0) is 24.9. The number of fused-ring (bicyclic) bond motifs is 1. The van der Waals surface area contributed by atoms with E-state index in [2.05, 4.69) is 29.7 Å². The van der Waals surface area contributed by atoms with Gasteiger partial charge in [-0.2, -0.15) is 8.78 Å². The van der Waals surface area contributed by atoms with Crippen molar-refractivity contribution in [3.8, 4) is 5.88 Å². The maximum Gasteiger partial charge on any atom is 0.388 e. The third-order valence-corrected chi connectivity index (χ3v) is 10.3. The number of hydrogen-bond acceptors (Lipinski definition) is 8. The summed E-state index contributed by atoms with van der Waals surface area (Å²) >= 11 is 0. The standard InChI is InChI=1S/C21H25F3N6O3S/c1-20(2)18(25)30-21(3,15-6-7-28-34(15,20)32)12-8-11(4-5-13(12)22)29-17(31)14-9-27-16(10-26-14)33-19(23)24/h4-5,8-10,15,19,28,32H,6-7H2,1-3H3,(H2,25,30)(H,29,31)/t15-,21+/m0/s1. The Balaban J connectivity index is 1.65. The summed E-state index contributed by atoms with van der Waals surface area (Å²) in [4.78, 5) is 24.6. The average Bonchev–Trinajstić information content (AvgIpc) is 3.18. The van der Waals surface area contributed by atoms with Crippen molar-refractivity contribution >= 4 is 27.9 Å². The number of ether oxygens (including phenoxy) is 1. The normalized spacial score (nSPS) is 29.6. The Bertz CT molecular complexity index is 1150. The van der Waals surface area contributed by atoms with Gasteiger partial charge in [-0.25, -0.2) is 14.4 Å². The minimum absolute atomic E-state index is 0.154. The van der Waals surface area contributed by atoms with E-state index in [-0.39, 0.29) is 22.8 Å². The van der Waals surface area contributed by atoms with Crippen LogP contribution in [0.25, 0.3) is 0 Å². The molecule has 1 saturated heterocycles. The SMILES string of the molecule is CC1(C)C(N)=N[C@](C)(c2cc(NC(=O)c3cnc(OC(F)F)cn3)ccc2F)[C@@H]2CCNS21O. The average molecular weight is 499 g/mol. The third kappa shape index (κ3) is 3.87. The first kappa shape index (κ1) is 24.2. The molecule has 1 aromatic heterocycles. The lowest BCUT2D eigenvalue weighted by atomic mass is 9.86. The Morgan fingerprint density at radius 2 is 2.06 bits per heavy atom. The Morgan fingerprint density at radius 1 is 1.32 bits per heavy atom. The van der Waals surface area contributed by atoms with Crippen LogP contribution in [0, 0.1) is 5.82 Å². The molecule has 0 saturated carbocycles. The lowest BCUT2D eigenvalue weighted by molar-refractivity contribution is -0.0531. The first-order valence-corrected chi connectivity index (χ1v) is 12.1. The highest BCUT2D eigenvalue weighted by Crippen LogP contribution is 2.67. The van der Waals surface area contributed by atoms with Crippen molar-refractivity contribution in [2.45, 2.75) is 49.3 Å². The third-order valence-electron chi connectivity index (χ3n) is 6.36. The van der Waals surface area contributed by atoms with Crippen molar-refractivity contribution < 1.29 is 27.3 Å². The molecule has 3 heterocycles. The molecule has 1 fully saturated rings. The van der Waals surface area contributed by atoms with Crippen LogP contribution in [-0.4, -0.2) is 49.4 Å². The number of amidine groups is 1. The number of amides is 1. The number of rotatable bonds is 5. The van der Waals surface area contributed by atoms with Gasteiger partial charge >= 0.3 is 6.61 Å². The maximum atomic E-state index is 15.1. The van der Waals surface area contributed by atoms with E-state index < -0.39 is 50.2 Å². The van der Waals surface area contributed by atoms with Gasteiger partial charge in [-0.3, -0.25) is 14.5 Å². The zero-order valence-electron chi connectivity index (χ0n) is 18.7. The van der Waals surface area contributed by atoms with Crippen LogP contribution in [0.15, 0.2) is 35.6 Å². The minimum atomic E-state index is -3.07. The Morgan fingerprint density at radius 3 is 2.71 bits per heavy atom. The molecule has 0 aliphatic carbocycles. The molecule has 5 N–H and O–H groups in total. The summed E-state index contributed by atoms with van der Waals surface area (Å²) in [6.07, 6.45) is 2.46. The fourth-order valence-corrected chi connectivity index (χ4v) is 7.76. The lowest BCUT2D eigenvalue weighted by Crippen LogP contribution is -2.57. The number of carbonyl (C=O) groups excluding carboxylic acids is 1. The number of anilines is 1. The summed E-state index contributed by atoms with van der Waals surface area (Å²) in [6.45, 7) is 2.84. The number of carbonyl (C=O) groups is 1. The van der Waals surface area contributed by atoms with E-state index in [0.717, 1.165) is 12.4 Å². The molecule has 13 heteroatoms. The van der Waals surface area contributed by atoms with Gasteiger partial charge in [0, 0.05) is 17.8 Å². The van der Waals surface area contributed by atoms with Gasteiger partial charge in [0.05, 0.1) is 22.4 Å². The molecule has 4 rings (SSSR count). The van der Waals surface area contributed by atoms with Gasteiger partial charge in [-0.1, -0.05) is 10.5 Å². The number of aliphatic imine (C=N–C) groups is 1. The van der Waals surface area contributed by atoms with Gasteiger partial charge in [0.1, 0.15) is 22.9 Å². The second-order valence-corrected chi connectivity index (χ2v) is 11.8. The number of benzene rings is 1. The second-order valence-electron chi connectivity index (χ2n) is 8.72. The monoisotopic (exact) mass is 498 g/mol. The van der Waals surface area contributed by atoms with E-state index in [4.69, 9.17) is 5.73 Å². The van der Waals surface area contributed by atoms with Crippen LogP contribution in [0.3, 0.4) is 0 Å². The molecule has 0 bridgehead atoms. The van der Waals surface area contributed by atoms with Gasteiger partial charge in [-0.05, 0) is 45.4 Å². The fraction of sp³-hybridized carbons (Fsp3) is 0.429. The molecule has 2 aliphatic heterocycles. The highest BCUT2D eigenvalue weighted by atomic mass is 32.3. The Hall–Kier alpha value is -2.90. The molecule has 184 valence electrons. The molecule has 1 unspecified atom stereocenters. The van der Waals surface area contributed by atoms with Crippen LogP contribution in [-0.2, 0) is 5.54 Å². The lowest BCUT2D eigenvalue weighted by Gasteiger charge is -2.56. The van der Waals surface area contributed by atoms with E-state index >= 15 is 4.39 Å². The van der Waals surface area contributed by atoms with Crippen molar-refractivity contribution in [2.75, 3.05) is 11.9 Å². The van der Waals surface area contributed by atoms with Crippen LogP contribution in [0.1, 0.15) is 43.2 Å². The molecule has 2 aromatic rings. The van der Waals surface area contributed by atoms with Crippen LogP contribution < -0.4 is 20.5 Å². The van der Waals surface area contributed by atoms with Gasteiger partial charge < -0.3 is 20.3 Å². The maximum absolute atomic E-state index is 15.1. The topological polar surface area (TPSA) is 135 Å². The van der Waals surface area contributed by atoms with Gasteiger partial charge in [0.2, 0.25) is 5.88 Å². The van der Waals surface area contributed by atoms with Crippen LogP contribution in [0.2, 0.25) is 0 Å². The molecule has 2 aliphatic rings. The summed E-state index contributed by atoms with van der Waals surface area (Å²) in [5.74, 6) is -1.46. The minimum Gasteiger partial charge on any atom is -0.415 e. The van der Waals surface area contributed by atoms with E-state index in [1.165, 1.54) is 18.2 Å². The van der Waals surface area contributed by atoms with Crippen molar-refractivity contribution in [1.82, 2.24) is 14.7 Å². The van der Waals surface area contributed by atoms with E-state index in [1.807, 2.05) is 13.8 Å². The van der Waals surface area contributed by atoms with Crippen molar-refractivity contribution in [1.29, 1.82) is 0 Å². The van der Waals surface area contributed by atoms with Crippen LogP contribution in [0.4, 0.5) is 18.9 Å². The molecule has 1 amide bonds. The quantitative estimate of drug-likeness (QED) is 0.496. The number of hydrogen-bond donors (Lipinski definition) is 4. The van der Waals surface area contributed by atoms with Crippen LogP contribution >= 0.6 is 10.5 Å². The highest BCUT2D eigenvalue weighted by Gasteiger charge is 2.60. The molecular weight excluding hydrogens is 473 g/mol. The van der Waals surface area contributed by atoms with E-state index in [9.17, 15) is 18.1 Å². The molecule has 9 nitrogen and oxygen atoms in total. The van der Waals surface area contributed by atoms with Crippen LogP contribution in [0.5, 0.6) is 5.88 Å². The summed E-state index contributed by atoms with van der Waals surface area (Å²) in [5.41, 5.74) is 5.36. The van der Waals surface area contributed by atoms with E-state index in [1.54, 1.807) is 6.92 Å². The predicted octanol–water partition coefficient (Wildman–Crippen LogP) is 3.39. The number of alkyl halides is 2. The number of aromatic nitrogens is 2.